The van der Waals surface area contributed by atoms with Gasteiger partial charge in [-0.2, -0.15) is 10.4 Å². The average Bonchev–Trinajstić information content (AvgIpc) is 3.71. The molecule has 0 spiro atoms. The number of alkyl halides is 1. The van der Waals surface area contributed by atoms with Gasteiger partial charge in [0.1, 0.15) is 28.8 Å². The standard InChI is InChI=1S/C30H38FN9O2S/c1-6-8-22-23(18(11-32)26(33)43-22)16-9-7-10-17-24(37-42-25(16)17)27-35-28(39(5)15-30(2,3)41)19-12-34-40(29(19)36-27)21-14-38(4)13-20(21)31/h12,16,20-21,41H,6-10,13-15,33H2,1-5H3. The van der Waals surface area contributed by atoms with Crippen molar-refractivity contribution >= 4 is 33.2 Å². The minimum Gasteiger partial charge on any atom is -0.389 e. The van der Waals surface area contributed by atoms with Crippen molar-refractivity contribution < 1.29 is 14.0 Å². The zero-order valence-electron chi connectivity index (χ0n) is 25.3. The van der Waals surface area contributed by atoms with E-state index in [0.29, 0.717) is 58.6 Å². The molecule has 5 heterocycles. The van der Waals surface area contributed by atoms with Gasteiger partial charge in [0.15, 0.2) is 17.2 Å². The summed E-state index contributed by atoms with van der Waals surface area (Å²) in [5.41, 5.74) is 8.75. The van der Waals surface area contributed by atoms with Gasteiger partial charge in [-0.3, -0.25) is 0 Å². The first kappa shape index (κ1) is 29.5. The Kier molecular flexibility index (Phi) is 7.64. The van der Waals surface area contributed by atoms with E-state index in [1.54, 1.807) is 24.7 Å². The molecule has 43 heavy (non-hydrogen) atoms. The Labute approximate surface area is 254 Å². The number of nitrogen functional groups attached to an aromatic ring is 1. The third kappa shape index (κ3) is 5.25. The molecule has 0 saturated carbocycles. The summed E-state index contributed by atoms with van der Waals surface area (Å²) >= 11 is 1.49. The van der Waals surface area contributed by atoms with E-state index in [0.717, 1.165) is 53.9 Å². The summed E-state index contributed by atoms with van der Waals surface area (Å²) < 4.78 is 22.8. The summed E-state index contributed by atoms with van der Waals surface area (Å²) in [7, 11) is 3.75. The number of halogens is 1. The summed E-state index contributed by atoms with van der Waals surface area (Å²) in [4.78, 5) is 14.8. The number of fused-ring (bicyclic) bond motifs is 2. The summed E-state index contributed by atoms with van der Waals surface area (Å²) in [5.74, 6) is 1.51. The van der Waals surface area contributed by atoms with Crippen molar-refractivity contribution in [1.82, 2.24) is 29.8 Å². The molecule has 1 aliphatic heterocycles. The number of hydrogen-bond acceptors (Lipinski definition) is 11. The van der Waals surface area contributed by atoms with Crippen molar-refractivity contribution in [3.05, 3.63) is 33.5 Å². The van der Waals surface area contributed by atoms with Crippen LogP contribution >= 0.6 is 11.3 Å². The topological polar surface area (TPSA) is 146 Å². The highest BCUT2D eigenvalue weighted by atomic mass is 32.1. The molecular formula is C30H38FN9O2S. The fraction of sp³-hybridized carbons (Fsp3) is 0.567. The molecule has 1 aliphatic carbocycles. The van der Waals surface area contributed by atoms with Crippen molar-refractivity contribution in [1.29, 1.82) is 5.26 Å². The molecule has 6 rings (SSSR count). The summed E-state index contributed by atoms with van der Waals surface area (Å²) in [5, 5.41) is 30.9. The van der Waals surface area contributed by atoms with E-state index >= 15 is 4.39 Å². The van der Waals surface area contributed by atoms with Crippen molar-refractivity contribution in [2.45, 2.75) is 76.6 Å². The number of aromatic nitrogens is 5. The molecule has 4 aromatic rings. The highest BCUT2D eigenvalue weighted by molar-refractivity contribution is 7.16. The van der Waals surface area contributed by atoms with E-state index < -0.39 is 17.8 Å². The maximum Gasteiger partial charge on any atom is 0.186 e. The van der Waals surface area contributed by atoms with Crippen molar-refractivity contribution in [3.8, 4) is 17.6 Å². The van der Waals surface area contributed by atoms with E-state index in [2.05, 4.69) is 23.2 Å². The summed E-state index contributed by atoms with van der Waals surface area (Å²) in [6.45, 7) is 6.73. The molecule has 1 fully saturated rings. The van der Waals surface area contributed by atoms with Crippen LogP contribution in [0.2, 0.25) is 0 Å². The van der Waals surface area contributed by atoms with Gasteiger partial charge in [0, 0.05) is 43.0 Å². The molecule has 1 saturated heterocycles. The Bertz CT molecular complexity index is 1700. The number of likely N-dealkylation sites (N-methyl/N-ethyl adjacent to an activating group) is 2. The first-order valence-corrected chi connectivity index (χ1v) is 15.6. The normalized spacial score (nSPS) is 20.9. The third-order valence-corrected chi connectivity index (χ3v) is 9.48. The molecule has 13 heteroatoms. The molecule has 2 aliphatic rings. The predicted molar refractivity (Wildman–Crippen MR) is 164 cm³/mol. The number of thiophene rings is 1. The van der Waals surface area contributed by atoms with Gasteiger partial charge in [0.2, 0.25) is 0 Å². The fourth-order valence-corrected chi connectivity index (χ4v) is 7.86. The highest BCUT2D eigenvalue weighted by Gasteiger charge is 2.37. The van der Waals surface area contributed by atoms with Crippen molar-refractivity contribution in [3.63, 3.8) is 0 Å². The Balaban J connectivity index is 1.50. The lowest BCUT2D eigenvalue weighted by molar-refractivity contribution is 0.0885. The zero-order chi connectivity index (χ0) is 30.6. The van der Waals surface area contributed by atoms with Gasteiger partial charge in [0.25, 0.3) is 0 Å². The number of nitriles is 1. The lowest BCUT2D eigenvalue weighted by Gasteiger charge is -2.27. The molecule has 11 nitrogen and oxygen atoms in total. The fourth-order valence-electron chi connectivity index (χ4n) is 6.67. The quantitative estimate of drug-likeness (QED) is 0.295. The minimum absolute atomic E-state index is 0.136. The van der Waals surface area contributed by atoms with Crippen LogP contribution in [0.25, 0.3) is 22.6 Å². The van der Waals surface area contributed by atoms with Gasteiger partial charge >= 0.3 is 0 Å². The number of aryl methyl sites for hydroxylation is 1. The molecule has 4 aromatic heterocycles. The van der Waals surface area contributed by atoms with Crippen LogP contribution in [-0.4, -0.2) is 80.4 Å². The van der Waals surface area contributed by atoms with Gasteiger partial charge in [0.05, 0.1) is 28.8 Å². The Morgan fingerprint density at radius 2 is 2.12 bits per heavy atom. The Hall–Kier alpha value is -3.60. The smallest absolute Gasteiger partial charge is 0.186 e. The molecule has 3 unspecified atom stereocenters. The van der Waals surface area contributed by atoms with Crippen LogP contribution in [0.15, 0.2) is 10.7 Å². The number of hydrogen-bond donors (Lipinski definition) is 2. The van der Waals surface area contributed by atoms with Gasteiger partial charge in [-0.05, 0) is 52.1 Å². The number of aliphatic hydroxyl groups is 1. The molecule has 0 bridgehead atoms. The van der Waals surface area contributed by atoms with Crippen LogP contribution in [0.1, 0.15) is 79.3 Å². The largest absolute Gasteiger partial charge is 0.389 e. The van der Waals surface area contributed by atoms with Gasteiger partial charge in [-0.1, -0.05) is 18.5 Å². The van der Waals surface area contributed by atoms with E-state index in [9.17, 15) is 10.4 Å². The monoisotopic (exact) mass is 607 g/mol. The molecule has 0 amide bonds. The SMILES string of the molecule is CCCc1sc(N)c(C#N)c1C1CCCc2c(-c3nc(N(C)CC(C)(C)O)c4cnn(C5CN(C)CC5F)c4n3)noc21. The van der Waals surface area contributed by atoms with Gasteiger partial charge in [-0.25, -0.2) is 19.0 Å². The van der Waals surface area contributed by atoms with E-state index in [4.69, 9.17) is 20.2 Å². The second-order valence-electron chi connectivity index (χ2n) is 12.5. The zero-order valence-corrected chi connectivity index (χ0v) is 26.1. The van der Waals surface area contributed by atoms with E-state index in [-0.39, 0.29) is 5.92 Å². The van der Waals surface area contributed by atoms with Gasteiger partial charge in [-0.15, -0.1) is 11.3 Å². The molecule has 3 N–H and O–H groups in total. The maximum absolute atomic E-state index is 15.1. The van der Waals surface area contributed by atoms with E-state index in [1.807, 2.05) is 23.9 Å². The van der Waals surface area contributed by atoms with Crippen LogP contribution in [0.4, 0.5) is 15.2 Å². The number of likely N-dealkylation sites (tertiary alicyclic amines) is 1. The third-order valence-electron chi connectivity index (χ3n) is 8.39. The Morgan fingerprint density at radius 1 is 1.33 bits per heavy atom. The number of anilines is 2. The highest BCUT2D eigenvalue weighted by Crippen LogP contribution is 2.46. The van der Waals surface area contributed by atoms with Gasteiger partial charge < -0.3 is 25.2 Å². The number of nitrogens with two attached hydrogens (primary N) is 1. The van der Waals surface area contributed by atoms with Crippen molar-refractivity contribution in [2.24, 2.45) is 0 Å². The lowest BCUT2D eigenvalue weighted by Crippen LogP contribution is -2.36. The van der Waals surface area contributed by atoms with Crippen LogP contribution in [-0.2, 0) is 12.8 Å². The predicted octanol–water partition coefficient (Wildman–Crippen LogP) is 4.45. The molecule has 0 radical (unpaired) electrons. The van der Waals surface area contributed by atoms with E-state index in [1.165, 1.54) is 11.3 Å². The molecule has 3 atom stereocenters. The summed E-state index contributed by atoms with van der Waals surface area (Å²) in [6.07, 6.45) is 4.79. The minimum atomic E-state index is -1.09. The first-order chi connectivity index (χ1) is 20.5. The van der Waals surface area contributed by atoms with Crippen molar-refractivity contribution in [2.75, 3.05) is 44.4 Å². The number of nitrogens with zero attached hydrogens (tertiary/aromatic N) is 8. The molecular weight excluding hydrogens is 569 g/mol. The molecule has 228 valence electrons. The lowest BCUT2D eigenvalue weighted by atomic mass is 9.81. The Morgan fingerprint density at radius 3 is 2.79 bits per heavy atom. The van der Waals surface area contributed by atoms with Crippen LogP contribution < -0.4 is 10.6 Å². The van der Waals surface area contributed by atoms with Crippen LogP contribution in [0, 0.1) is 11.3 Å². The number of rotatable bonds is 8. The first-order valence-electron chi connectivity index (χ1n) is 14.8. The molecule has 0 aromatic carbocycles. The van der Waals surface area contributed by atoms with Crippen LogP contribution in [0.3, 0.4) is 0 Å². The summed E-state index contributed by atoms with van der Waals surface area (Å²) in [6, 6.07) is 1.85. The maximum atomic E-state index is 15.1. The average molecular weight is 608 g/mol. The second-order valence-corrected chi connectivity index (χ2v) is 13.7. The van der Waals surface area contributed by atoms with Crippen LogP contribution in [0.5, 0.6) is 0 Å². The second kappa shape index (κ2) is 11.2.